The number of hydrogen-bond acceptors (Lipinski definition) is 5. The second kappa shape index (κ2) is 7.49. The number of hydrogen-bond donors (Lipinski definition) is 2. The number of amides is 1. The molecule has 0 atom stereocenters. The summed E-state index contributed by atoms with van der Waals surface area (Å²) in [5, 5.41) is 11.4. The van der Waals surface area contributed by atoms with Crippen molar-refractivity contribution < 1.29 is 19.7 Å². The molecule has 23 heavy (non-hydrogen) atoms. The molecule has 2 aromatic rings. The van der Waals surface area contributed by atoms with Crippen LogP contribution in [0, 0.1) is 5.41 Å². The number of nitrogens with one attached hydrogen (secondary N) is 2. The molecule has 2 heterocycles. The zero-order chi connectivity index (χ0) is 15.0. The summed E-state index contributed by atoms with van der Waals surface area (Å²) in [7, 11) is 3.20. The molecule has 9 heteroatoms. The number of aromatic nitrogens is 1. The summed E-state index contributed by atoms with van der Waals surface area (Å²) in [6.07, 6.45) is 1.46. The fourth-order valence-corrected chi connectivity index (χ4v) is 3.55. The predicted octanol–water partition coefficient (Wildman–Crippen LogP) is 1.43. The molecule has 7 nitrogen and oxygen atoms in total. The van der Waals surface area contributed by atoms with Crippen LogP contribution < -0.4 is 19.6 Å². The van der Waals surface area contributed by atoms with Gasteiger partial charge in [-0.15, -0.1) is 12.4 Å². The molecular formula is C14H18ClN3O4S. The maximum Gasteiger partial charge on any atom is 0.212 e. The molecule has 0 aliphatic carbocycles. The molecule has 1 amide bonds. The summed E-state index contributed by atoms with van der Waals surface area (Å²) in [4.78, 5) is 11.2. The number of nitrogens with zero attached hydrogens (tertiary/aromatic N) is 1. The molecule has 1 aliphatic heterocycles. The van der Waals surface area contributed by atoms with Gasteiger partial charge in [-0.1, -0.05) is 11.3 Å². The highest BCUT2D eigenvalue weighted by molar-refractivity contribution is 7.14. The third-order valence-corrected chi connectivity index (χ3v) is 4.52. The van der Waals surface area contributed by atoms with Crippen LogP contribution in [0.15, 0.2) is 12.1 Å². The third kappa shape index (κ3) is 3.05. The van der Waals surface area contributed by atoms with Crippen LogP contribution in [-0.2, 0) is 17.8 Å². The number of thiazole rings is 1. The van der Waals surface area contributed by atoms with Crippen molar-refractivity contribution in [2.45, 2.75) is 13.0 Å². The molecule has 1 aromatic heterocycles. The van der Waals surface area contributed by atoms with Crippen molar-refractivity contribution >= 4 is 35.2 Å². The minimum Gasteiger partial charge on any atom is -0.493 e. The minimum atomic E-state index is 0. The molecule has 0 saturated heterocycles. The Balaban J connectivity index is 0.00000132. The van der Waals surface area contributed by atoms with Crippen molar-refractivity contribution in [1.82, 2.24) is 4.57 Å². The Morgan fingerprint density at radius 3 is 2.57 bits per heavy atom. The van der Waals surface area contributed by atoms with Crippen molar-refractivity contribution in [3.63, 3.8) is 0 Å². The summed E-state index contributed by atoms with van der Waals surface area (Å²) in [5.41, 5.74) is 2.96. The second-order valence-corrected chi connectivity index (χ2v) is 5.61. The largest absolute Gasteiger partial charge is 0.493 e. The van der Waals surface area contributed by atoms with Crippen molar-refractivity contribution in [2.75, 3.05) is 19.5 Å². The van der Waals surface area contributed by atoms with E-state index in [9.17, 15) is 4.79 Å². The van der Waals surface area contributed by atoms with Gasteiger partial charge in [0, 0.05) is 12.1 Å². The third-order valence-electron chi connectivity index (χ3n) is 3.59. The van der Waals surface area contributed by atoms with E-state index >= 15 is 0 Å². The van der Waals surface area contributed by atoms with Gasteiger partial charge in [0.2, 0.25) is 6.41 Å². The van der Waals surface area contributed by atoms with E-state index in [-0.39, 0.29) is 17.9 Å². The van der Waals surface area contributed by atoms with Crippen LogP contribution in [0.5, 0.6) is 11.5 Å². The Morgan fingerprint density at radius 1 is 1.30 bits per heavy atom. The lowest BCUT2D eigenvalue weighted by atomic mass is 9.97. The van der Waals surface area contributed by atoms with Gasteiger partial charge in [-0.3, -0.25) is 10.2 Å². The maximum atomic E-state index is 10.8. The Bertz CT molecular complexity index is 772. The van der Waals surface area contributed by atoms with E-state index in [1.54, 1.807) is 14.2 Å². The van der Waals surface area contributed by atoms with Gasteiger partial charge < -0.3 is 24.8 Å². The lowest BCUT2D eigenvalue weighted by molar-refractivity contribution is -0.105. The molecular weight excluding hydrogens is 342 g/mol. The summed E-state index contributed by atoms with van der Waals surface area (Å²) < 4.78 is 12.6. The van der Waals surface area contributed by atoms with Crippen LogP contribution in [0.3, 0.4) is 0 Å². The predicted molar refractivity (Wildman–Crippen MR) is 91.0 cm³/mol. The van der Waals surface area contributed by atoms with E-state index in [0.29, 0.717) is 34.3 Å². The van der Waals surface area contributed by atoms with E-state index in [1.165, 1.54) is 11.3 Å². The van der Waals surface area contributed by atoms with Gasteiger partial charge in [0.15, 0.2) is 16.3 Å². The molecule has 0 fully saturated rings. The normalized spacial score (nSPS) is 11.2. The Labute approximate surface area is 143 Å². The standard InChI is InChI=1S/C14H15N3O3S.ClH.H2O/c1-19-10-5-8-3-4-17-12(9(8)6-11(10)20-2)13(16-7-18)21-14(17)15;;/h5-7,15H,3-4H2,1-2H3,(H,16,18);1H;1H2. The monoisotopic (exact) mass is 359 g/mol. The Morgan fingerprint density at radius 2 is 1.96 bits per heavy atom. The number of carbonyl (C=O) groups excluding carboxylic acids is 1. The van der Waals surface area contributed by atoms with Gasteiger partial charge in [-0.05, 0) is 24.1 Å². The van der Waals surface area contributed by atoms with Crippen LogP contribution in [0.25, 0.3) is 11.3 Å². The maximum absolute atomic E-state index is 10.8. The van der Waals surface area contributed by atoms with E-state index in [0.717, 1.165) is 23.2 Å². The average molecular weight is 360 g/mol. The first-order valence-electron chi connectivity index (χ1n) is 6.43. The molecule has 3 rings (SSSR count). The minimum absolute atomic E-state index is 0. The number of benzene rings is 1. The molecule has 1 aromatic carbocycles. The van der Waals surface area contributed by atoms with E-state index < -0.39 is 0 Å². The quantitative estimate of drug-likeness (QED) is 0.806. The fourth-order valence-electron chi connectivity index (χ4n) is 2.64. The molecule has 126 valence electrons. The molecule has 0 spiro atoms. The van der Waals surface area contributed by atoms with Gasteiger partial charge >= 0.3 is 0 Å². The summed E-state index contributed by atoms with van der Waals surface area (Å²) in [6.45, 7) is 0.716. The van der Waals surface area contributed by atoms with Gasteiger partial charge in [-0.25, -0.2) is 0 Å². The van der Waals surface area contributed by atoms with Crippen molar-refractivity contribution in [3.8, 4) is 22.8 Å². The Hall–Kier alpha value is -2.03. The highest BCUT2D eigenvalue weighted by Gasteiger charge is 2.24. The SMILES string of the molecule is COc1cc2c(cc1OC)-c1c(NC=O)sc(=N)n1CC2.Cl.O. The second-order valence-electron chi connectivity index (χ2n) is 4.61. The number of anilines is 1. The first-order chi connectivity index (χ1) is 10.2. The van der Waals surface area contributed by atoms with Crippen molar-refractivity contribution in [2.24, 2.45) is 0 Å². The van der Waals surface area contributed by atoms with Crippen LogP contribution in [0.1, 0.15) is 5.56 Å². The van der Waals surface area contributed by atoms with E-state index in [2.05, 4.69) is 5.32 Å². The number of ether oxygens (including phenoxy) is 2. The van der Waals surface area contributed by atoms with Crippen molar-refractivity contribution in [1.29, 1.82) is 5.41 Å². The van der Waals surface area contributed by atoms with Crippen LogP contribution >= 0.6 is 23.7 Å². The zero-order valence-electron chi connectivity index (χ0n) is 12.6. The van der Waals surface area contributed by atoms with Crippen molar-refractivity contribution in [3.05, 3.63) is 22.5 Å². The van der Waals surface area contributed by atoms with E-state index in [1.807, 2.05) is 16.7 Å². The summed E-state index contributed by atoms with van der Waals surface area (Å²) in [5.74, 6) is 1.33. The lowest BCUT2D eigenvalue weighted by Crippen LogP contribution is -2.20. The van der Waals surface area contributed by atoms with Gasteiger partial charge in [0.1, 0.15) is 5.00 Å². The summed E-state index contributed by atoms with van der Waals surface area (Å²) >= 11 is 1.26. The number of rotatable bonds is 4. The molecule has 0 radical (unpaired) electrons. The molecule has 0 unspecified atom stereocenters. The number of aryl methyl sites for hydroxylation is 1. The number of methoxy groups -OCH3 is 2. The molecule has 0 saturated carbocycles. The molecule has 4 N–H and O–H groups in total. The zero-order valence-corrected chi connectivity index (χ0v) is 14.3. The first kappa shape index (κ1) is 19.0. The van der Waals surface area contributed by atoms with Crippen LogP contribution in [-0.4, -0.2) is 30.7 Å². The summed E-state index contributed by atoms with van der Waals surface area (Å²) in [6, 6.07) is 3.87. The van der Waals surface area contributed by atoms with E-state index in [4.69, 9.17) is 14.9 Å². The van der Waals surface area contributed by atoms with Crippen LogP contribution in [0.2, 0.25) is 0 Å². The highest BCUT2D eigenvalue weighted by atomic mass is 35.5. The topological polar surface area (TPSA) is 108 Å². The first-order valence-corrected chi connectivity index (χ1v) is 7.25. The van der Waals surface area contributed by atoms with Gasteiger partial charge in [-0.2, -0.15) is 0 Å². The number of carbonyl (C=O) groups is 1. The highest BCUT2D eigenvalue weighted by Crippen LogP contribution is 2.41. The smallest absolute Gasteiger partial charge is 0.212 e. The Kier molecular flexibility index (Phi) is 6.20. The average Bonchev–Trinajstić information content (AvgIpc) is 2.82. The van der Waals surface area contributed by atoms with Gasteiger partial charge in [0.25, 0.3) is 0 Å². The number of halogens is 1. The molecule has 0 bridgehead atoms. The van der Waals surface area contributed by atoms with Crippen LogP contribution in [0.4, 0.5) is 5.00 Å². The fraction of sp³-hybridized carbons (Fsp3) is 0.286. The van der Waals surface area contributed by atoms with Gasteiger partial charge in [0.05, 0.1) is 19.9 Å². The number of fused-ring (bicyclic) bond motifs is 3. The lowest BCUT2D eigenvalue weighted by Gasteiger charge is -2.21. The molecule has 1 aliphatic rings.